The minimum Gasteiger partial charge on any atom is -0.396 e. The van der Waals surface area contributed by atoms with Gasteiger partial charge in [-0.05, 0) is 57.2 Å². The Morgan fingerprint density at radius 2 is 2.00 bits per heavy atom. The van der Waals surface area contributed by atoms with Crippen LogP contribution in [0.2, 0.25) is 0 Å². The Morgan fingerprint density at radius 3 is 2.78 bits per heavy atom. The van der Waals surface area contributed by atoms with Gasteiger partial charge in [-0.3, -0.25) is 0 Å². The predicted octanol–water partition coefficient (Wildman–Crippen LogP) is 5.40. The minimum atomic E-state index is -0.797. The standard InChI is InChI=1S/C26H29N5O3S2/c1-15-20(23-29-18-8-4-5-9-19(18)36-23)22(30-24(28-15)27-13-17-7-6-12-35-17)31-26-11-10-16(14-32)21(26)33-25(2,3)34-26/h4-9,12,16,21,32H,10-11,13-14H2,1-3H3,(H2,27,28,30,31). The molecule has 36 heavy (non-hydrogen) atoms. The highest BCUT2D eigenvalue weighted by atomic mass is 32.1. The van der Waals surface area contributed by atoms with Gasteiger partial charge in [-0.1, -0.05) is 18.2 Å². The highest BCUT2D eigenvalue weighted by Crippen LogP contribution is 2.50. The Bertz CT molecular complexity index is 1360. The number of aliphatic hydroxyl groups is 1. The highest BCUT2D eigenvalue weighted by molar-refractivity contribution is 7.21. The molecule has 1 aliphatic carbocycles. The summed E-state index contributed by atoms with van der Waals surface area (Å²) in [7, 11) is 0. The number of aryl methyl sites for hydroxylation is 1. The summed E-state index contributed by atoms with van der Waals surface area (Å²) in [6.45, 7) is 6.51. The second kappa shape index (κ2) is 9.04. The van der Waals surface area contributed by atoms with Crippen LogP contribution >= 0.6 is 22.7 Å². The second-order valence-electron chi connectivity index (χ2n) is 9.81. The van der Waals surface area contributed by atoms with Crippen molar-refractivity contribution >= 4 is 44.7 Å². The number of ether oxygens (including phenoxy) is 2. The van der Waals surface area contributed by atoms with Gasteiger partial charge in [0.2, 0.25) is 5.95 Å². The number of nitrogens with one attached hydrogen (secondary N) is 2. The third-order valence-electron chi connectivity index (χ3n) is 6.78. The van der Waals surface area contributed by atoms with Crippen LogP contribution in [0.3, 0.4) is 0 Å². The van der Waals surface area contributed by atoms with Crippen LogP contribution in [0, 0.1) is 12.8 Å². The van der Waals surface area contributed by atoms with Crippen molar-refractivity contribution in [2.24, 2.45) is 5.92 Å². The summed E-state index contributed by atoms with van der Waals surface area (Å²) in [4.78, 5) is 15.8. The maximum absolute atomic E-state index is 10.0. The molecule has 2 fully saturated rings. The van der Waals surface area contributed by atoms with Gasteiger partial charge in [-0.15, -0.1) is 22.7 Å². The maximum Gasteiger partial charge on any atom is 0.225 e. The average molecular weight is 524 g/mol. The van der Waals surface area contributed by atoms with Crippen LogP contribution in [0.1, 0.15) is 37.3 Å². The number of hydrogen-bond donors (Lipinski definition) is 3. The molecule has 1 saturated heterocycles. The number of hydrogen-bond acceptors (Lipinski definition) is 10. The molecule has 1 aromatic carbocycles. The van der Waals surface area contributed by atoms with E-state index in [9.17, 15) is 5.11 Å². The molecule has 188 valence electrons. The molecule has 4 heterocycles. The number of thiophene rings is 1. The van der Waals surface area contributed by atoms with Crippen molar-refractivity contribution in [2.45, 2.75) is 57.8 Å². The van der Waals surface area contributed by atoms with E-state index in [0.717, 1.165) is 32.9 Å². The van der Waals surface area contributed by atoms with Crippen molar-refractivity contribution in [3.63, 3.8) is 0 Å². The van der Waals surface area contributed by atoms with E-state index in [-0.39, 0.29) is 18.6 Å². The normalized spacial score (nSPS) is 24.8. The first-order valence-corrected chi connectivity index (χ1v) is 13.8. The Hall–Kier alpha value is -2.63. The first-order valence-electron chi connectivity index (χ1n) is 12.1. The van der Waals surface area contributed by atoms with E-state index in [0.29, 0.717) is 24.7 Å². The van der Waals surface area contributed by atoms with E-state index in [1.54, 1.807) is 22.7 Å². The fourth-order valence-electron chi connectivity index (χ4n) is 5.25. The summed E-state index contributed by atoms with van der Waals surface area (Å²) < 4.78 is 13.9. The fraction of sp³-hybridized carbons (Fsp3) is 0.423. The maximum atomic E-state index is 10.0. The molecule has 0 amide bonds. The molecule has 3 unspecified atom stereocenters. The van der Waals surface area contributed by atoms with Crippen LogP contribution in [0.4, 0.5) is 11.8 Å². The predicted molar refractivity (Wildman–Crippen MR) is 143 cm³/mol. The monoisotopic (exact) mass is 523 g/mol. The Morgan fingerprint density at radius 1 is 1.14 bits per heavy atom. The van der Waals surface area contributed by atoms with Gasteiger partial charge in [0.15, 0.2) is 11.5 Å². The topological polar surface area (TPSA) is 101 Å². The van der Waals surface area contributed by atoms with Crippen LogP contribution in [-0.2, 0) is 16.0 Å². The molecule has 1 saturated carbocycles. The number of thiazole rings is 1. The lowest BCUT2D eigenvalue weighted by Gasteiger charge is -2.31. The zero-order valence-electron chi connectivity index (χ0n) is 20.4. The molecule has 4 aromatic rings. The van der Waals surface area contributed by atoms with Gasteiger partial charge in [0.05, 0.1) is 28.0 Å². The summed E-state index contributed by atoms with van der Waals surface area (Å²) in [6, 6.07) is 12.2. The van der Waals surface area contributed by atoms with E-state index in [1.807, 2.05) is 45.0 Å². The van der Waals surface area contributed by atoms with Crippen LogP contribution in [-0.4, -0.2) is 44.3 Å². The first-order chi connectivity index (χ1) is 17.4. The van der Waals surface area contributed by atoms with Gasteiger partial charge in [0.25, 0.3) is 0 Å². The third-order valence-corrected chi connectivity index (χ3v) is 8.71. The van der Waals surface area contributed by atoms with E-state index in [2.05, 4.69) is 28.1 Å². The Balaban J connectivity index is 1.43. The van der Waals surface area contributed by atoms with Crippen molar-refractivity contribution in [3.05, 3.63) is 52.3 Å². The lowest BCUT2D eigenvalue weighted by atomic mass is 10.0. The van der Waals surface area contributed by atoms with Crippen molar-refractivity contribution in [2.75, 3.05) is 17.2 Å². The third kappa shape index (κ3) is 4.26. The fourth-order valence-corrected chi connectivity index (χ4v) is 6.95. The molecule has 0 radical (unpaired) electrons. The Labute approximate surface area is 217 Å². The summed E-state index contributed by atoms with van der Waals surface area (Å²) >= 11 is 3.31. The molecule has 8 nitrogen and oxygen atoms in total. The zero-order valence-corrected chi connectivity index (χ0v) is 22.1. The molecular formula is C26H29N5O3S2. The molecule has 3 aromatic heterocycles. The zero-order chi connectivity index (χ0) is 24.9. The van der Waals surface area contributed by atoms with Gasteiger partial charge in [-0.25, -0.2) is 9.97 Å². The van der Waals surface area contributed by atoms with Gasteiger partial charge in [0, 0.05) is 17.4 Å². The molecule has 0 spiro atoms. The molecule has 3 N–H and O–H groups in total. The smallest absolute Gasteiger partial charge is 0.225 e. The average Bonchev–Trinajstić information content (AvgIpc) is 3.60. The van der Waals surface area contributed by atoms with Crippen LogP contribution in [0.15, 0.2) is 41.8 Å². The SMILES string of the molecule is Cc1nc(NCc2cccs2)nc(NC23CCC(CO)C2OC(C)(C)O3)c1-c1nc2ccccc2s1. The minimum absolute atomic E-state index is 0.00969. The quantitative estimate of drug-likeness (QED) is 0.296. The van der Waals surface area contributed by atoms with Gasteiger partial charge >= 0.3 is 0 Å². The van der Waals surface area contributed by atoms with E-state index in [4.69, 9.17) is 24.4 Å². The van der Waals surface area contributed by atoms with E-state index < -0.39 is 11.5 Å². The molecule has 3 atom stereocenters. The largest absolute Gasteiger partial charge is 0.396 e. The Kier molecular flexibility index (Phi) is 5.96. The molecule has 1 aliphatic heterocycles. The molecule has 0 bridgehead atoms. The van der Waals surface area contributed by atoms with E-state index in [1.165, 1.54) is 4.88 Å². The summed E-state index contributed by atoms with van der Waals surface area (Å²) in [5.74, 6) is 0.407. The number of aliphatic hydroxyl groups excluding tert-OH is 1. The summed E-state index contributed by atoms with van der Waals surface area (Å²) in [6.07, 6.45) is 1.21. The van der Waals surface area contributed by atoms with Gasteiger partial charge in [0.1, 0.15) is 16.9 Å². The molecule has 2 aliphatic rings. The number of aromatic nitrogens is 3. The lowest BCUT2D eigenvalue weighted by molar-refractivity contribution is -0.168. The van der Waals surface area contributed by atoms with Crippen LogP contribution in [0.5, 0.6) is 0 Å². The van der Waals surface area contributed by atoms with Crippen LogP contribution in [0.25, 0.3) is 20.8 Å². The summed E-state index contributed by atoms with van der Waals surface area (Å²) in [5, 5.41) is 19.9. The van der Waals surface area contributed by atoms with Gasteiger partial charge < -0.3 is 25.2 Å². The molecule has 10 heteroatoms. The lowest BCUT2D eigenvalue weighted by Crippen LogP contribution is -2.46. The number of nitrogens with zero attached hydrogens (tertiary/aromatic N) is 3. The van der Waals surface area contributed by atoms with Gasteiger partial charge in [-0.2, -0.15) is 4.98 Å². The molecular weight excluding hydrogens is 494 g/mol. The van der Waals surface area contributed by atoms with Crippen molar-refractivity contribution in [1.82, 2.24) is 15.0 Å². The number of anilines is 2. The summed E-state index contributed by atoms with van der Waals surface area (Å²) in [5.41, 5.74) is 1.82. The molecule has 6 rings (SSSR count). The highest BCUT2D eigenvalue weighted by Gasteiger charge is 2.60. The second-order valence-corrected chi connectivity index (χ2v) is 11.9. The van der Waals surface area contributed by atoms with Crippen LogP contribution < -0.4 is 10.6 Å². The van der Waals surface area contributed by atoms with Crippen molar-refractivity contribution < 1.29 is 14.6 Å². The number of benzene rings is 1. The van der Waals surface area contributed by atoms with Crippen molar-refractivity contribution in [3.8, 4) is 10.6 Å². The number of rotatable bonds is 7. The first kappa shape index (κ1) is 23.7. The van der Waals surface area contributed by atoms with E-state index >= 15 is 0 Å². The number of fused-ring (bicyclic) bond motifs is 2. The number of para-hydroxylation sites is 1. The van der Waals surface area contributed by atoms with Crippen molar-refractivity contribution in [1.29, 1.82) is 0 Å².